The number of benzene rings is 2. The molecular formula is C26H23FN4O5. The molecule has 0 spiro atoms. The Morgan fingerprint density at radius 3 is 2.64 bits per heavy atom. The lowest BCUT2D eigenvalue weighted by Gasteiger charge is -2.34. The molecule has 10 heteroatoms. The predicted octanol–water partition coefficient (Wildman–Crippen LogP) is 5.18. The van der Waals surface area contributed by atoms with E-state index in [0.717, 1.165) is 0 Å². The fraction of sp³-hybridized carbons (Fsp3) is 0.192. The molecule has 1 aliphatic heterocycles. The number of rotatable bonds is 7. The molecule has 0 bridgehead atoms. The summed E-state index contributed by atoms with van der Waals surface area (Å²) in [6, 6.07) is 13.8. The Morgan fingerprint density at radius 2 is 1.92 bits per heavy atom. The second kappa shape index (κ2) is 9.57. The molecule has 0 radical (unpaired) electrons. The van der Waals surface area contributed by atoms with E-state index in [9.17, 15) is 9.18 Å². The van der Waals surface area contributed by atoms with Crippen molar-refractivity contribution in [2.45, 2.75) is 19.5 Å². The molecule has 36 heavy (non-hydrogen) atoms. The number of methoxy groups -OCH3 is 2. The highest BCUT2D eigenvalue weighted by atomic mass is 19.1. The zero-order valence-electron chi connectivity index (χ0n) is 19.8. The van der Waals surface area contributed by atoms with Crippen molar-refractivity contribution in [1.29, 1.82) is 0 Å². The van der Waals surface area contributed by atoms with Gasteiger partial charge >= 0.3 is 6.03 Å². The maximum Gasteiger partial charge on any atom is 0.322 e. The molecule has 2 aromatic heterocycles. The number of amides is 2. The molecule has 184 valence electrons. The molecule has 0 saturated heterocycles. The fourth-order valence-electron chi connectivity index (χ4n) is 4.17. The lowest BCUT2D eigenvalue weighted by Crippen LogP contribution is -2.45. The van der Waals surface area contributed by atoms with Gasteiger partial charge in [0.2, 0.25) is 5.82 Å². The highest BCUT2D eigenvalue weighted by molar-refractivity contribution is 5.86. The van der Waals surface area contributed by atoms with E-state index in [1.807, 2.05) is 0 Å². The number of carbonyl (C=O) groups is 1. The number of allylic oxidation sites excluding steroid dienone is 1. The molecule has 4 aromatic rings. The summed E-state index contributed by atoms with van der Waals surface area (Å²) in [5, 5.41) is 7.09. The van der Waals surface area contributed by atoms with E-state index in [0.29, 0.717) is 45.5 Å². The molecule has 0 aliphatic carbocycles. The second-order valence-electron chi connectivity index (χ2n) is 8.10. The molecule has 5 rings (SSSR count). The van der Waals surface area contributed by atoms with E-state index in [2.05, 4.69) is 15.5 Å². The first-order valence-electron chi connectivity index (χ1n) is 11.1. The van der Waals surface area contributed by atoms with E-state index in [-0.39, 0.29) is 18.5 Å². The van der Waals surface area contributed by atoms with Gasteiger partial charge in [0.15, 0.2) is 11.5 Å². The van der Waals surface area contributed by atoms with Crippen molar-refractivity contribution >= 4 is 11.6 Å². The van der Waals surface area contributed by atoms with Gasteiger partial charge in [-0.25, -0.2) is 9.18 Å². The van der Waals surface area contributed by atoms with Gasteiger partial charge in [0, 0.05) is 11.3 Å². The van der Waals surface area contributed by atoms with Crippen LogP contribution in [0.2, 0.25) is 0 Å². The molecule has 3 heterocycles. The zero-order valence-corrected chi connectivity index (χ0v) is 19.8. The normalized spacial score (nSPS) is 15.7. The van der Waals surface area contributed by atoms with Gasteiger partial charge in [-0.1, -0.05) is 17.3 Å². The van der Waals surface area contributed by atoms with Crippen LogP contribution in [0.15, 0.2) is 75.5 Å². The molecule has 1 aliphatic rings. The van der Waals surface area contributed by atoms with Crippen molar-refractivity contribution in [1.82, 2.24) is 20.4 Å². The number of furan rings is 1. The van der Waals surface area contributed by atoms with Crippen LogP contribution in [-0.4, -0.2) is 35.3 Å². The van der Waals surface area contributed by atoms with Crippen LogP contribution in [0.4, 0.5) is 9.18 Å². The van der Waals surface area contributed by atoms with Crippen LogP contribution in [0.25, 0.3) is 17.0 Å². The first-order valence-corrected chi connectivity index (χ1v) is 11.1. The first kappa shape index (κ1) is 23.2. The SMILES string of the molecule is COc1ccc(-c2noc(C3=C(C)N(Cc4ccco4)C(=O)NC3c3cccc(F)c3)n2)cc1OC. The van der Waals surface area contributed by atoms with Gasteiger partial charge < -0.3 is 23.7 Å². The Morgan fingerprint density at radius 1 is 1.08 bits per heavy atom. The number of hydrogen-bond acceptors (Lipinski definition) is 7. The van der Waals surface area contributed by atoms with Crippen molar-refractivity contribution in [3.63, 3.8) is 0 Å². The quantitative estimate of drug-likeness (QED) is 0.381. The topological polar surface area (TPSA) is 103 Å². The van der Waals surface area contributed by atoms with Gasteiger partial charge in [-0.3, -0.25) is 4.90 Å². The van der Waals surface area contributed by atoms with Gasteiger partial charge in [0.05, 0.1) is 38.6 Å². The Bertz CT molecular complexity index is 1430. The second-order valence-corrected chi connectivity index (χ2v) is 8.10. The van der Waals surface area contributed by atoms with Crippen LogP contribution in [0.1, 0.15) is 30.2 Å². The summed E-state index contributed by atoms with van der Waals surface area (Å²) in [5.74, 6) is 1.77. The standard InChI is InChI=1S/C26H23FN4O5/c1-15-22(25-29-24(30-36-25)17-9-10-20(33-2)21(13-17)34-3)23(16-6-4-7-18(27)12-16)28-26(32)31(15)14-19-8-5-11-35-19/h4-13,23H,14H2,1-3H3,(H,28,32). The van der Waals surface area contributed by atoms with Crippen LogP contribution in [0, 0.1) is 5.82 Å². The maximum absolute atomic E-state index is 14.1. The number of ether oxygens (including phenoxy) is 2. The van der Waals surface area contributed by atoms with E-state index in [4.69, 9.17) is 18.4 Å². The molecular weight excluding hydrogens is 467 g/mol. The summed E-state index contributed by atoms with van der Waals surface area (Å²) in [6.07, 6.45) is 1.54. The average Bonchev–Trinajstić information content (AvgIpc) is 3.58. The monoisotopic (exact) mass is 490 g/mol. The molecule has 1 atom stereocenters. The van der Waals surface area contributed by atoms with Crippen LogP contribution in [0.5, 0.6) is 11.5 Å². The number of halogens is 1. The minimum Gasteiger partial charge on any atom is -0.493 e. The number of aromatic nitrogens is 2. The molecule has 0 fully saturated rings. The van der Waals surface area contributed by atoms with Crippen LogP contribution in [0.3, 0.4) is 0 Å². The minimum absolute atomic E-state index is 0.191. The Kier molecular flexibility index (Phi) is 6.16. The summed E-state index contributed by atoms with van der Waals surface area (Å²) in [6.45, 7) is 1.98. The molecule has 2 amide bonds. The van der Waals surface area contributed by atoms with E-state index < -0.39 is 11.9 Å². The zero-order chi connectivity index (χ0) is 25.2. The lowest BCUT2D eigenvalue weighted by atomic mass is 9.94. The highest BCUT2D eigenvalue weighted by Gasteiger charge is 2.36. The molecule has 0 saturated carbocycles. The third-order valence-corrected chi connectivity index (χ3v) is 5.97. The molecule has 1 N–H and O–H groups in total. The Labute approximate surface area is 206 Å². The summed E-state index contributed by atoms with van der Waals surface area (Å²) in [4.78, 5) is 19.2. The minimum atomic E-state index is -0.709. The Balaban J connectivity index is 1.59. The van der Waals surface area contributed by atoms with Crippen molar-refractivity contribution in [2.75, 3.05) is 14.2 Å². The van der Waals surface area contributed by atoms with E-state index in [1.165, 1.54) is 17.0 Å². The highest BCUT2D eigenvalue weighted by Crippen LogP contribution is 2.38. The van der Waals surface area contributed by atoms with Crippen LogP contribution < -0.4 is 14.8 Å². The van der Waals surface area contributed by atoms with Gasteiger partial charge in [-0.15, -0.1) is 0 Å². The van der Waals surface area contributed by atoms with Crippen molar-refractivity contribution in [3.05, 3.63) is 89.6 Å². The van der Waals surface area contributed by atoms with Crippen molar-refractivity contribution in [2.24, 2.45) is 0 Å². The molecule has 9 nitrogen and oxygen atoms in total. The van der Waals surface area contributed by atoms with Gasteiger partial charge in [-0.2, -0.15) is 4.98 Å². The maximum atomic E-state index is 14.1. The number of carbonyl (C=O) groups excluding carboxylic acids is 1. The molecule has 1 unspecified atom stereocenters. The van der Waals surface area contributed by atoms with Gasteiger partial charge in [0.25, 0.3) is 5.89 Å². The number of nitrogens with zero attached hydrogens (tertiary/aromatic N) is 3. The van der Waals surface area contributed by atoms with Crippen LogP contribution in [-0.2, 0) is 6.54 Å². The average molecular weight is 490 g/mol. The Hall–Kier alpha value is -4.60. The smallest absolute Gasteiger partial charge is 0.322 e. The summed E-state index contributed by atoms with van der Waals surface area (Å²) < 4.78 is 35.9. The first-order chi connectivity index (χ1) is 17.5. The summed E-state index contributed by atoms with van der Waals surface area (Å²) in [7, 11) is 3.09. The molecule has 2 aromatic carbocycles. The van der Waals surface area contributed by atoms with Gasteiger partial charge in [-0.05, 0) is 55.0 Å². The predicted molar refractivity (Wildman–Crippen MR) is 127 cm³/mol. The number of urea groups is 1. The lowest BCUT2D eigenvalue weighted by molar-refractivity contribution is 0.199. The van der Waals surface area contributed by atoms with Gasteiger partial charge in [0.1, 0.15) is 11.6 Å². The van der Waals surface area contributed by atoms with E-state index >= 15 is 0 Å². The number of hydrogen-bond donors (Lipinski definition) is 1. The summed E-state index contributed by atoms with van der Waals surface area (Å²) >= 11 is 0. The van der Waals surface area contributed by atoms with E-state index in [1.54, 1.807) is 69.9 Å². The summed E-state index contributed by atoms with van der Waals surface area (Å²) in [5.41, 5.74) is 2.31. The largest absolute Gasteiger partial charge is 0.493 e. The van der Waals surface area contributed by atoms with Crippen molar-refractivity contribution in [3.8, 4) is 22.9 Å². The fourth-order valence-corrected chi connectivity index (χ4v) is 4.17. The van der Waals surface area contributed by atoms with Crippen molar-refractivity contribution < 1.29 is 27.6 Å². The third kappa shape index (κ3) is 4.28. The number of nitrogens with one attached hydrogen (secondary N) is 1. The third-order valence-electron chi connectivity index (χ3n) is 5.97. The van der Waals surface area contributed by atoms with Crippen LogP contribution >= 0.6 is 0 Å².